The normalized spacial score (nSPS) is 16.0. The molecule has 1 aliphatic rings. The van der Waals surface area contributed by atoms with E-state index >= 15 is 0 Å². The van der Waals surface area contributed by atoms with Gasteiger partial charge in [0.15, 0.2) is 0 Å². The zero-order valence-corrected chi connectivity index (χ0v) is 16.1. The average Bonchev–Trinajstić information content (AvgIpc) is 2.72. The van der Waals surface area contributed by atoms with Crippen LogP contribution in [0.15, 0.2) is 66.7 Å². The van der Waals surface area contributed by atoms with Crippen LogP contribution in [0.5, 0.6) is 0 Å². The van der Waals surface area contributed by atoms with Crippen LogP contribution in [0.4, 0.5) is 5.69 Å². The van der Waals surface area contributed by atoms with Crippen LogP contribution >= 0.6 is 11.8 Å². The number of hydrogen-bond acceptors (Lipinski definition) is 3. The van der Waals surface area contributed by atoms with Crippen LogP contribution in [0.3, 0.4) is 0 Å². The molecule has 1 atom stereocenters. The van der Waals surface area contributed by atoms with Gasteiger partial charge < -0.3 is 9.80 Å². The fraction of sp³-hybridized carbons (Fsp3) is 0.318. The van der Waals surface area contributed by atoms with E-state index in [9.17, 15) is 4.79 Å². The van der Waals surface area contributed by atoms with Crippen LogP contribution in [0.25, 0.3) is 6.08 Å². The predicted molar refractivity (Wildman–Crippen MR) is 113 cm³/mol. The summed E-state index contributed by atoms with van der Waals surface area (Å²) in [6, 6.07) is 20.7. The molecular weight excluding hydrogens is 340 g/mol. The molecule has 0 aliphatic carbocycles. The number of benzene rings is 2. The third-order valence-electron chi connectivity index (χ3n) is 4.61. The highest BCUT2D eigenvalue weighted by Gasteiger charge is 2.24. The van der Waals surface area contributed by atoms with Crippen LogP contribution in [-0.4, -0.2) is 48.0 Å². The highest BCUT2D eigenvalue weighted by molar-refractivity contribution is 8.00. The fourth-order valence-corrected chi connectivity index (χ4v) is 3.89. The molecule has 1 amide bonds. The lowest BCUT2D eigenvalue weighted by Gasteiger charge is -2.37. The SMILES string of the molecule is CC(SC/C=C/c1ccccc1)C(=O)N1CCN(c2ccccc2)CC1. The predicted octanol–water partition coefficient (Wildman–Crippen LogP) is 4.17. The number of piperazine rings is 1. The molecule has 1 heterocycles. The van der Waals surface area contributed by atoms with E-state index in [0.717, 1.165) is 31.9 Å². The molecule has 0 aromatic heterocycles. The molecule has 0 bridgehead atoms. The molecule has 2 aromatic carbocycles. The highest BCUT2D eigenvalue weighted by Crippen LogP contribution is 2.19. The maximum absolute atomic E-state index is 12.7. The number of hydrogen-bond donors (Lipinski definition) is 0. The molecule has 1 saturated heterocycles. The van der Waals surface area contributed by atoms with Crippen LogP contribution in [0.2, 0.25) is 0 Å². The van der Waals surface area contributed by atoms with Gasteiger partial charge in [-0.05, 0) is 24.6 Å². The Morgan fingerprint density at radius 2 is 1.62 bits per heavy atom. The Balaban J connectivity index is 1.42. The molecule has 0 N–H and O–H groups in total. The van der Waals surface area contributed by atoms with Crippen molar-refractivity contribution in [1.82, 2.24) is 4.90 Å². The summed E-state index contributed by atoms with van der Waals surface area (Å²) in [4.78, 5) is 17.0. The summed E-state index contributed by atoms with van der Waals surface area (Å²) in [5.41, 5.74) is 2.44. The van der Waals surface area contributed by atoms with Crippen molar-refractivity contribution in [1.29, 1.82) is 0 Å². The van der Waals surface area contributed by atoms with Gasteiger partial charge in [-0.15, -0.1) is 11.8 Å². The van der Waals surface area contributed by atoms with E-state index in [1.165, 1.54) is 11.3 Å². The Morgan fingerprint density at radius 1 is 1.00 bits per heavy atom. The van der Waals surface area contributed by atoms with E-state index in [2.05, 4.69) is 53.5 Å². The van der Waals surface area contributed by atoms with E-state index in [1.54, 1.807) is 11.8 Å². The fourth-order valence-electron chi connectivity index (χ4n) is 3.10. The standard InChI is InChI=1S/C22H26N2OS/c1-19(26-18-8-11-20-9-4-2-5-10-20)22(25)24-16-14-23(15-17-24)21-12-6-3-7-13-21/h2-13,19H,14-18H2,1H3/b11-8+. The van der Waals surface area contributed by atoms with E-state index < -0.39 is 0 Å². The summed E-state index contributed by atoms with van der Waals surface area (Å²) in [6.07, 6.45) is 4.25. The Bertz CT molecular complexity index is 709. The lowest BCUT2D eigenvalue weighted by molar-refractivity contribution is -0.130. The summed E-state index contributed by atoms with van der Waals surface area (Å²) in [6.45, 7) is 5.44. The lowest BCUT2D eigenvalue weighted by Crippen LogP contribution is -2.50. The summed E-state index contributed by atoms with van der Waals surface area (Å²) in [5, 5.41) is -0.00120. The zero-order chi connectivity index (χ0) is 18.2. The van der Waals surface area contributed by atoms with Crippen LogP contribution < -0.4 is 4.90 Å². The van der Waals surface area contributed by atoms with Gasteiger partial charge in [0.1, 0.15) is 0 Å². The number of para-hydroxylation sites is 1. The molecule has 2 aromatic rings. The Kier molecular flexibility index (Phi) is 6.78. The Morgan fingerprint density at radius 3 is 2.27 bits per heavy atom. The first-order chi connectivity index (χ1) is 12.7. The molecule has 0 spiro atoms. The van der Waals surface area contributed by atoms with Gasteiger partial charge >= 0.3 is 0 Å². The van der Waals surface area contributed by atoms with Crippen molar-refractivity contribution < 1.29 is 4.79 Å². The molecule has 3 nitrogen and oxygen atoms in total. The van der Waals surface area contributed by atoms with Gasteiger partial charge in [0.2, 0.25) is 5.91 Å². The van der Waals surface area contributed by atoms with Gasteiger partial charge in [0.25, 0.3) is 0 Å². The number of amides is 1. The second kappa shape index (κ2) is 9.48. The number of thioether (sulfide) groups is 1. The number of carbonyl (C=O) groups is 1. The molecular formula is C22H26N2OS. The first kappa shape index (κ1) is 18.6. The van der Waals surface area contributed by atoms with Gasteiger partial charge in [0, 0.05) is 37.6 Å². The minimum Gasteiger partial charge on any atom is -0.368 e. The Hall–Kier alpha value is -2.20. The van der Waals surface area contributed by atoms with Crippen molar-refractivity contribution in [3.05, 3.63) is 72.3 Å². The molecule has 0 radical (unpaired) electrons. The minimum atomic E-state index is -0.00120. The largest absolute Gasteiger partial charge is 0.368 e. The van der Waals surface area contributed by atoms with Gasteiger partial charge in [-0.25, -0.2) is 0 Å². The lowest BCUT2D eigenvalue weighted by atomic mass is 10.2. The van der Waals surface area contributed by atoms with E-state index in [-0.39, 0.29) is 11.2 Å². The number of anilines is 1. The molecule has 3 rings (SSSR count). The van der Waals surface area contributed by atoms with Gasteiger partial charge in [-0.2, -0.15) is 0 Å². The molecule has 136 valence electrons. The van der Waals surface area contributed by atoms with Crippen molar-refractivity contribution in [3.63, 3.8) is 0 Å². The van der Waals surface area contributed by atoms with Crippen LogP contribution in [-0.2, 0) is 4.79 Å². The monoisotopic (exact) mass is 366 g/mol. The summed E-state index contributed by atoms with van der Waals surface area (Å²) in [7, 11) is 0. The maximum atomic E-state index is 12.7. The molecule has 0 saturated carbocycles. The number of rotatable bonds is 6. The van der Waals surface area contributed by atoms with Crippen molar-refractivity contribution in [2.24, 2.45) is 0 Å². The van der Waals surface area contributed by atoms with Crippen molar-refractivity contribution in [2.45, 2.75) is 12.2 Å². The second-order valence-corrected chi connectivity index (χ2v) is 7.81. The van der Waals surface area contributed by atoms with Gasteiger partial charge in [0.05, 0.1) is 5.25 Å². The number of carbonyl (C=O) groups excluding carboxylic acids is 1. The third kappa shape index (κ3) is 5.15. The quantitative estimate of drug-likeness (QED) is 0.767. The average molecular weight is 367 g/mol. The number of nitrogens with zero attached hydrogens (tertiary/aromatic N) is 2. The molecule has 1 aliphatic heterocycles. The van der Waals surface area contributed by atoms with Gasteiger partial charge in [-0.3, -0.25) is 4.79 Å². The van der Waals surface area contributed by atoms with Crippen molar-refractivity contribution in [2.75, 3.05) is 36.8 Å². The van der Waals surface area contributed by atoms with E-state index in [1.807, 2.05) is 36.1 Å². The van der Waals surface area contributed by atoms with Crippen molar-refractivity contribution >= 4 is 29.4 Å². The topological polar surface area (TPSA) is 23.6 Å². The zero-order valence-electron chi connectivity index (χ0n) is 15.3. The molecule has 4 heteroatoms. The van der Waals surface area contributed by atoms with E-state index in [4.69, 9.17) is 0 Å². The summed E-state index contributed by atoms with van der Waals surface area (Å²) >= 11 is 1.70. The van der Waals surface area contributed by atoms with Crippen molar-refractivity contribution in [3.8, 4) is 0 Å². The summed E-state index contributed by atoms with van der Waals surface area (Å²) in [5.74, 6) is 1.11. The molecule has 1 fully saturated rings. The van der Waals surface area contributed by atoms with Gasteiger partial charge in [-0.1, -0.05) is 60.7 Å². The Labute approximate surface area is 160 Å². The highest BCUT2D eigenvalue weighted by atomic mass is 32.2. The second-order valence-electron chi connectivity index (χ2n) is 6.44. The minimum absolute atomic E-state index is 0.00120. The molecule has 26 heavy (non-hydrogen) atoms. The third-order valence-corrected chi connectivity index (χ3v) is 5.70. The smallest absolute Gasteiger partial charge is 0.235 e. The summed E-state index contributed by atoms with van der Waals surface area (Å²) < 4.78 is 0. The maximum Gasteiger partial charge on any atom is 0.235 e. The molecule has 1 unspecified atom stereocenters. The first-order valence-electron chi connectivity index (χ1n) is 9.16. The first-order valence-corrected chi connectivity index (χ1v) is 10.2. The van der Waals surface area contributed by atoms with Crippen LogP contribution in [0.1, 0.15) is 12.5 Å². The van der Waals surface area contributed by atoms with Crippen LogP contribution in [0, 0.1) is 0 Å². The van der Waals surface area contributed by atoms with E-state index in [0.29, 0.717) is 0 Å².